The number of rotatable bonds is 3. The van der Waals surface area contributed by atoms with Gasteiger partial charge in [0.25, 0.3) is 0 Å². The van der Waals surface area contributed by atoms with Crippen LogP contribution in [0.25, 0.3) is 0 Å². The zero-order valence-corrected chi connectivity index (χ0v) is 9.18. The average Bonchev–Trinajstić information content (AvgIpc) is 2.31. The number of hydrogen-bond donors (Lipinski definition) is 0. The number of methoxy groups -OCH3 is 1. The van der Waals surface area contributed by atoms with Crippen molar-refractivity contribution in [2.24, 2.45) is 0 Å². The normalized spacial score (nSPS) is 9.88. The number of hydrogen-bond acceptors (Lipinski definition) is 4. The van der Waals surface area contributed by atoms with Crippen LogP contribution < -0.4 is 9.47 Å². The molecule has 1 aromatic heterocycles. The predicted octanol–water partition coefficient (Wildman–Crippen LogP) is 2.59. The highest BCUT2D eigenvalue weighted by molar-refractivity contribution is 5.43. The second-order valence-electron chi connectivity index (χ2n) is 3.29. The van der Waals surface area contributed by atoms with E-state index in [2.05, 4.69) is 9.97 Å². The van der Waals surface area contributed by atoms with Crippen LogP contribution in [0.3, 0.4) is 0 Å². The molecule has 16 heavy (non-hydrogen) atoms. The zero-order chi connectivity index (χ0) is 11.4. The van der Waals surface area contributed by atoms with Crippen molar-refractivity contribution < 1.29 is 9.47 Å². The topological polar surface area (TPSA) is 44.2 Å². The molecule has 0 N–H and O–H groups in total. The van der Waals surface area contributed by atoms with Gasteiger partial charge in [0.2, 0.25) is 0 Å². The molecule has 4 heteroatoms. The number of aromatic nitrogens is 2. The van der Waals surface area contributed by atoms with Gasteiger partial charge in [0.05, 0.1) is 7.11 Å². The van der Waals surface area contributed by atoms with E-state index < -0.39 is 0 Å². The van der Waals surface area contributed by atoms with E-state index >= 15 is 0 Å². The number of ether oxygens (including phenoxy) is 2. The van der Waals surface area contributed by atoms with Gasteiger partial charge in [-0.05, 0) is 30.7 Å². The molecule has 2 rings (SSSR count). The van der Waals surface area contributed by atoms with Crippen LogP contribution in [0.2, 0.25) is 0 Å². The second-order valence-corrected chi connectivity index (χ2v) is 3.29. The van der Waals surface area contributed by atoms with Crippen LogP contribution in [0, 0.1) is 6.92 Å². The molecular weight excluding hydrogens is 204 g/mol. The van der Waals surface area contributed by atoms with Crippen LogP contribution in [-0.2, 0) is 0 Å². The van der Waals surface area contributed by atoms with Crippen LogP contribution in [0.1, 0.15) is 5.56 Å². The van der Waals surface area contributed by atoms with E-state index in [0.29, 0.717) is 17.5 Å². The molecule has 0 aliphatic rings. The second kappa shape index (κ2) is 4.61. The van der Waals surface area contributed by atoms with Gasteiger partial charge in [0.15, 0.2) is 11.5 Å². The monoisotopic (exact) mass is 216 g/mol. The maximum Gasteiger partial charge on any atom is 0.321 e. The maximum absolute atomic E-state index is 5.53. The Bertz CT molecular complexity index is 472. The summed E-state index contributed by atoms with van der Waals surface area (Å²) in [5, 5.41) is 0. The molecule has 0 fully saturated rings. The third-order valence-electron chi connectivity index (χ3n) is 2.06. The van der Waals surface area contributed by atoms with E-state index in [1.54, 1.807) is 25.6 Å². The Kier molecular flexibility index (Phi) is 3.00. The lowest BCUT2D eigenvalue weighted by molar-refractivity contribution is 0.367. The van der Waals surface area contributed by atoms with Gasteiger partial charge in [-0.25, -0.2) is 9.97 Å². The lowest BCUT2D eigenvalue weighted by atomic mass is 10.2. The van der Waals surface area contributed by atoms with E-state index in [9.17, 15) is 0 Å². The molecule has 0 saturated heterocycles. The first kappa shape index (κ1) is 10.4. The highest BCUT2D eigenvalue weighted by atomic mass is 16.5. The molecule has 2 aromatic rings. The Morgan fingerprint density at radius 3 is 2.50 bits per heavy atom. The van der Waals surface area contributed by atoms with Crippen LogP contribution >= 0.6 is 0 Å². The Balaban J connectivity index is 2.30. The van der Waals surface area contributed by atoms with E-state index in [4.69, 9.17) is 9.47 Å². The maximum atomic E-state index is 5.53. The van der Waals surface area contributed by atoms with Crippen molar-refractivity contribution in [2.75, 3.05) is 7.11 Å². The minimum Gasteiger partial charge on any atom is -0.493 e. The summed E-state index contributed by atoms with van der Waals surface area (Å²) >= 11 is 0. The Labute approximate surface area is 93.9 Å². The van der Waals surface area contributed by atoms with Gasteiger partial charge < -0.3 is 9.47 Å². The molecule has 0 unspecified atom stereocenters. The van der Waals surface area contributed by atoms with Crippen molar-refractivity contribution in [2.45, 2.75) is 6.92 Å². The molecule has 1 aromatic carbocycles. The summed E-state index contributed by atoms with van der Waals surface area (Å²) in [6.45, 7) is 1.98. The summed E-state index contributed by atoms with van der Waals surface area (Å²) in [6, 6.07) is 7.74. The van der Waals surface area contributed by atoms with Crippen LogP contribution in [-0.4, -0.2) is 17.1 Å². The standard InChI is InChI=1S/C12H12N2O2/c1-9-4-5-10(15-2)11(8-9)16-12-13-6-3-7-14-12/h3-8H,1-2H3. The highest BCUT2D eigenvalue weighted by Gasteiger charge is 2.06. The first-order valence-electron chi connectivity index (χ1n) is 4.89. The van der Waals surface area contributed by atoms with Gasteiger partial charge in [0.1, 0.15) is 0 Å². The van der Waals surface area contributed by atoms with Gasteiger partial charge >= 0.3 is 6.01 Å². The van der Waals surface area contributed by atoms with E-state index in [-0.39, 0.29) is 0 Å². The largest absolute Gasteiger partial charge is 0.493 e. The summed E-state index contributed by atoms with van der Waals surface area (Å²) < 4.78 is 10.7. The third-order valence-corrected chi connectivity index (χ3v) is 2.06. The molecule has 0 aliphatic carbocycles. The minimum absolute atomic E-state index is 0.311. The van der Waals surface area contributed by atoms with Gasteiger partial charge in [-0.2, -0.15) is 0 Å². The Morgan fingerprint density at radius 2 is 1.81 bits per heavy atom. The highest BCUT2D eigenvalue weighted by Crippen LogP contribution is 2.30. The van der Waals surface area contributed by atoms with E-state index in [0.717, 1.165) is 5.56 Å². The van der Waals surface area contributed by atoms with Gasteiger partial charge in [0, 0.05) is 12.4 Å². The molecule has 0 bridgehead atoms. The molecule has 4 nitrogen and oxygen atoms in total. The summed E-state index contributed by atoms with van der Waals surface area (Å²) in [6.07, 6.45) is 3.26. The third kappa shape index (κ3) is 2.28. The van der Waals surface area contributed by atoms with Gasteiger partial charge in [-0.1, -0.05) is 6.07 Å². The van der Waals surface area contributed by atoms with Crippen molar-refractivity contribution in [1.29, 1.82) is 0 Å². The van der Waals surface area contributed by atoms with Crippen molar-refractivity contribution >= 4 is 0 Å². The van der Waals surface area contributed by atoms with Crippen LogP contribution in [0.15, 0.2) is 36.7 Å². The molecule has 0 aliphatic heterocycles. The average molecular weight is 216 g/mol. The number of nitrogens with zero attached hydrogens (tertiary/aromatic N) is 2. The van der Waals surface area contributed by atoms with E-state index in [1.165, 1.54) is 0 Å². The van der Waals surface area contributed by atoms with Crippen molar-refractivity contribution in [3.63, 3.8) is 0 Å². The predicted molar refractivity (Wildman–Crippen MR) is 59.8 cm³/mol. The molecule has 0 spiro atoms. The first-order valence-corrected chi connectivity index (χ1v) is 4.89. The van der Waals surface area contributed by atoms with Gasteiger partial charge in [-0.3, -0.25) is 0 Å². The molecule has 0 radical (unpaired) electrons. The number of benzene rings is 1. The molecule has 1 heterocycles. The molecule has 82 valence electrons. The lowest BCUT2D eigenvalue weighted by Gasteiger charge is -2.09. The van der Waals surface area contributed by atoms with Crippen molar-refractivity contribution in [3.05, 3.63) is 42.2 Å². The first-order chi connectivity index (χ1) is 7.79. The summed E-state index contributed by atoms with van der Waals surface area (Å²) in [4.78, 5) is 7.98. The smallest absolute Gasteiger partial charge is 0.321 e. The summed E-state index contributed by atoms with van der Waals surface area (Å²) in [5.74, 6) is 1.28. The minimum atomic E-state index is 0.311. The molecule has 0 saturated carbocycles. The molecule has 0 amide bonds. The number of aryl methyl sites for hydroxylation is 1. The molecule has 0 atom stereocenters. The Hall–Kier alpha value is -2.10. The summed E-state index contributed by atoms with van der Waals surface area (Å²) in [5.41, 5.74) is 1.09. The Morgan fingerprint density at radius 1 is 1.06 bits per heavy atom. The zero-order valence-electron chi connectivity index (χ0n) is 9.18. The van der Waals surface area contributed by atoms with Crippen molar-refractivity contribution in [3.8, 4) is 17.5 Å². The lowest BCUT2D eigenvalue weighted by Crippen LogP contribution is -1.94. The van der Waals surface area contributed by atoms with Gasteiger partial charge in [-0.15, -0.1) is 0 Å². The fourth-order valence-corrected chi connectivity index (χ4v) is 1.30. The fraction of sp³-hybridized carbons (Fsp3) is 0.167. The molecular formula is C12H12N2O2. The van der Waals surface area contributed by atoms with E-state index in [1.807, 2.05) is 25.1 Å². The summed E-state index contributed by atoms with van der Waals surface area (Å²) in [7, 11) is 1.60. The fourth-order valence-electron chi connectivity index (χ4n) is 1.30. The SMILES string of the molecule is COc1ccc(C)cc1Oc1ncccn1. The van der Waals surface area contributed by atoms with Crippen molar-refractivity contribution in [1.82, 2.24) is 9.97 Å². The van der Waals surface area contributed by atoms with Crippen LogP contribution in [0.4, 0.5) is 0 Å². The van der Waals surface area contributed by atoms with Crippen LogP contribution in [0.5, 0.6) is 17.5 Å². The quantitative estimate of drug-likeness (QED) is 0.791.